The lowest BCUT2D eigenvalue weighted by atomic mass is 10.0. The second kappa shape index (κ2) is 4.93. The maximum absolute atomic E-state index is 12.4. The molecule has 0 aliphatic rings. The fourth-order valence-corrected chi connectivity index (χ4v) is 1.50. The molecular weight excluding hydrogens is 261 g/mol. The molecule has 3 nitrogen and oxygen atoms in total. The molecule has 7 heteroatoms. The van der Waals surface area contributed by atoms with Gasteiger partial charge in [-0.3, -0.25) is 4.79 Å². The molecule has 0 amide bonds. The SMILES string of the molecule is O=C(O)C[C@H](O)c1cc(Cl)cc(C(F)(F)F)c1. The predicted molar refractivity (Wildman–Crippen MR) is 53.7 cm³/mol. The van der Waals surface area contributed by atoms with Crippen molar-refractivity contribution in [3.8, 4) is 0 Å². The molecule has 0 radical (unpaired) electrons. The normalized spacial score (nSPS) is 13.5. The van der Waals surface area contributed by atoms with E-state index in [4.69, 9.17) is 16.7 Å². The quantitative estimate of drug-likeness (QED) is 0.886. The lowest BCUT2D eigenvalue weighted by Crippen LogP contribution is -2.09. The Morgan fingerprint density at radius 2 is 1.94 bits per heavy atom. The number of aliphatic hydroxyl groups excluding tert-OH is 1. The number of rotatable bonds is 3. The molecule has 17 heavy (non-hydrogen) atoms. The molecule has 1 rings (SSSR count). The minimum atomic E-state index is -4.59. The van der Waals surface area contributed by atoms with Crippen molar-refractivity contribution >= 4 is 17.6 Å². The largest absolute Gasteiger partial charge is 0.481 e. The van der Waals surface area contributed by atoms with Crippen LogP contribution in [0.5, 0.6) is 0 Å². The molecule has 0 saturated carbocycles. The summed E-state index contributed by atoms with van der Waals surface area (Å²) >= 11 is 5.48. The highest BCUT2D eigenvalue weighted by Gasteiger charge is 2.31. The van der Waals surface area contributed by atoms with E-state index in [9.17, 15) is 23.1 Å². The molecule has 0 fully saturated rings. The number of aliphatic carboxylic acids is 1. The standard InChI is InChI=1S/C10H8ClF3O3/c11-7-2-5(8(15)4-9(16)17)1-6(3-7)10(12,13)14/h1-3,8,15H,4H2,(H,16,17)/t8-/m0/s1. The van der Waals surface area contributed by atoms with E-state index < -0.39 is 30.2 Å². The first-order valence-corrected chi connectivity index (χ1v) is 4.85. The number of hydrogen-bond donors (Lipinski definition) is 2. The summed E-state index contributed by atoms with van der Waals surface area (Å²) in [4.78, 5) is 10.3. The van der Waals surface area contributed by atoms with E-state index in [2.05, 4.69) is 0 Å². The van der Waals surface area contributed by atoms with E-state index in [1.54, 1.807) is 0 Å². The van der Waals surface area contributed by atoms with Gasteiger partial charge in [0.15, 0.2) is 0 Å². The summed E-state index contributed by atoms with van der Waals surface area (Å²) in [7, 11) is 0. The molecule has 0 aromatic heterocycles. The summed E-state index contributed by atoms with van der Waals surface area (Å²) < 4.78 is 37.3. The van der Waals surface area contributed by atoms with E-state index in [1.165, 1.54) is 0 Å². The van der Waals surface area contributed by atoms with Gasteiger partial charge in [0.2, 0.25) is 0 Å². The third-order valence-corrected chi connectivity index (χ3v) is 2.22. The van der Waals surface area contributed by atoms with E-state index in [0.717, 1.165) is 6.07 Å². The van der Waals surface area contributed by atoms with Crippen LogP contribution >= 0.6 is 11.6 Å². The first-order chi connectivity index (χ1) is 7.70. The first-order valence-electron chi connectivity index (χ1n) is 4.47. The number of benzene rings is 1. The first kappa shape index (κ1) is 13.8. The Morgan fingerprint density at radius 3 is 2.41 bits per heavy atom. The molecule has 2 N–H and O–H groups in total. The van der Waals surface area contributed by atoms with Gasteiger partial charge in [0.1, 0.15) is 0 Å². The Balaban J connectivity index is 3.09. The fraction of sp³-hybridized carbons (Fsp3) is 0.300. The Kier molecular flexibility index (Phi) is 4.00. The molecule has 0 unspecified atom stereocenters. The number of alkyl halides is 3. The molecule has 0 heterocycles. The van der Waals surface area contributed by atoms with Crippen molar-refractivity contribution in [1.29, 1.82) is 0 Å². The fourth-order valence-electron chi connectivity index (χ4n) is 1.25. The van der Waals surface area contributed by atoms with Gasteiger partial charge < -0.3 is 10.2 Å². The Labute approximate surface area is 99.4 Å². The molecule has 0 bridgehead atoms. The maximum Gasteiger partial charge on any atom is 0.416 e. The van der Waals surface area contributed by atoms with Crippen molar-refractivity contribution < 1.29 is 28.2 Å². The summed E-state index contributed by atoms with van der Waals surface area (Å²) in [5.74, 6) is -1.31. The van der Waals surface area contributed by atoms with Crippen LogP contribution in [0.25, 0.3) is 0 Å². The summed E-state index contributed by atoms with van der Waals surface area (Å²) in [6.07, 6.45) is -6.80. The summed E-state index contributed by atoms with van der Waals surface area (Å²) in [5, 5.41) is 17.6. The number of aliphatic hydroxyl groups is 1. The van der Waals surface area contributed by atoms with Crippen LogP contribution in [0.15, 0.2) is 18.2 Å². The lowest BCUT2D eigenvalue weighted by Gasteiger charge is -2.13. The van der Waals surface area contributed by atoms with Gasteiger partial charge in [-0.15, -0.1) is 0 Å². The second-order valence-corrected chi connectivity index (χ2v) is 3.82. The van der Waals surface area contributed by atoms with Crippen LogP contribution in [-0.4, -0.2) is 16.2 Å². The third-order valence-electron chi connectivity index (χ3n) is 2.00. The Morgan fingerprint density at radius 1 is 1.35 bits per heavy atom. The highest BCUT2D eigenvalue weighted by molar-refractivity contribution is 6.30. The van der Waals surface area contributed by atoms with Crippen molar-refractivity contribution in [3.63, 3.8) is 0 Å². The molecule has 1 aromatic carbocycles. The molecular formula is C10H8ClF3O3. The van der Waals surface area contributed by atoms with E-state index in [1.807, 2.05) is 0 Å². The van der Waals surface area contributed by atoms with Gasteiger partial charge in [0.25, 0.3) is 0 Å². The molecule has 0 aliphatic heterocycles. The molecule has 0 spiro atoms. The molecule has 0 saturated heterocycles. The van der Waals surface area contributed by atoms with Crippen LogP contribution in [-0.2, 0) is 11.0 Å². The van der Waals surface area contributed by atoms with Crippen molar-refractivity contribution in [1.82, 2.24) is 0 Å². The van der Waals surface area contributed by atoms with Gasteiger partial charge in [-0.1, -0.05) is 11.6 Å². The summed E-state index contributed by atoms with van der Waals surface area (Å²) in [5.41, 5.74) is -1.20. The van der Waals surface area contributed by atoms with Crippen LogP contribution in [0.2, 0.25) is 5.02 Å². The average Bonchev–Trinajstić information content (AvgIpc) is 2.14. The maximum atomic E-state index is 12.4. The second-order valence-electron chi connectivity index (χ2n) is 3.38. The number of hydrogen-bond acceptors (Lipinski definition) is 2. The smallest absolute Gasteiger partial charge is 0.416 e. The third kappa shape index (κ3) is 3.90. The Hall–Kier alpha value is -1.27. The minimum absolute atomic E-state index is 0.174. The minimum Gasteiger partial charge on any atom is -0.481 e. The summed E-state index contributed by atoms with van der Waals surface area (Å²) in [6.45, 7) is 0. The van der Waals surface area contributed by atoms with Crippen LogP contribution in [0.3, 0.4) is 0 Å². The zero-order chi connectivity index (χ0) is 13.2. The van der Waals surface area contributed by atoms with Gasteiger partial charge in [0.05, 0.1) is 18.1 Å². The predicted octanol–water partition coefficient (Wildman–Crippen LogP) is 2.87. The van der Waals surface area contributed by atoms with Crippen molar-refractivity contribution in [3.05, 3.63) is 34.3 Å². The molecule has 94 valence electrons. The van der Waals surface area contributed by atoms with Crippen LogP contribution < -0.4 is 0 Å². The van der Waals surface area contributed by atoms with Gasteiger partial charge in [-0.25, -0.2) is 0 Å². The molecule has 1 aromatic rings. The van der Waals surface area contributed by atoms with Crippen molar-refractivity contribution in [2.75, 3.05) is 0 Å². The van der Waals surface area contributed by atoms with E-state index >= 15 is 0 Å². The van der Waals surface area contributed by atoms with Crippen molar-refractivity contribution in [2.45, 2.75) is 18.7 Å². The Bertz CT molecular complexity index is 431. The zero-order valence-corrected chi connectivity index (χ0v) is 9.09. The number of carboxylic acids is 1. The highest BCUT2D eigenvalue weighted by Crippen LogP contribution is 2.33. The van der Waals surface area contributed by atoms with Crippen LogP contribution in [0, 0.1) is 0 Å². The lowest BCUT2D eigenvalue weighted by molar-refractivity contribution is -0.139. The van der Waals surface area contributed by atoms with Gasteiger partial charge in [-0.2, -0.15) is 13.2 Å². The van der Waals surface area contributed by atoms with Crippen LogP contribution in [0.4, 0.5) is 13.2 Å². The molecule has 0 aliphatic carbocycles. The number of halogens is 4. The topological polar surface area (TPSA) is 57.5 Å². The zero-order valence-electron chi connectivity index (χ0n) is 8.33. The monoisotopic (exact) mass is 268 g/mol. The van der Waals surface area contributed by atoms with Gasteiger partial charge in [-0.05, 0) is 23.8 Å². The van der Waals surface area contributed by atoms with E-state index in [-0.39, 0.29) is 10.6 Å². The summed E-state index contributed by atoms with van der Waals surface area (Å²) in [6, 6.07) is 2.49. The van der Waals surface area contributed by atoms with Crippen LogP contribution in [0.1, 0.15) is 23.7 Å². The van der Waals surface area contributed by atoms with Gasteiger partial charge in [0, 0.05) is 5.02 Å². The molecule has 1 atom stereocenters. The number of carbonyl (C=O) groups is 1. The average molecular weight is 269 g/mol. The van der Waals surface area contributed by atoms with E-state index in [0.29, 0.717) is 12.1 Å². The van der Waals surface area contributed by atoms with Gasteiger partial charge >= 0.3 is 12.1 Å². The highest BCUT2D eigenvalue weighted by atomic mass is 35.5. The number of carboxylic acid groups (broad SMARTS) is 1. The van der Waals surface area contributed by atoms with Crippen molar-refractivity contribution in [2.24, 2.45) is 0 Å².